The first-order chi connectivity index (χ1) is 10.4. The molecule has 0 atom stereocenters. The van der Waals surface area contributed by atoms with E-state index < -0.39 is 4.92 Å². The summed E-state index contributed by atoms with van der Waals surface area (Å²) in [5.74, 6) is -0.374. The molecule has 0 unspecified atom stereocenters. The Labute approximate surface area is 134 Å². The molecule has 0 aliphatic carbocycles. The van der Waals surface area contributed by atoms with Gasteiger partial charge in [-0.3, -0.25) is 19.6 Å². The number of furan rings is 1. The molecule has 9 heteroatoms. The first-order valence-electron chi connectivity index (χ1n) is 6.22. The Hall–Kier alpha value is -2.42. The zero-order valence-electron chi connectivity index (χ0n) is 11.9. The molecule has 8 nitrogen and oxygen atoms in total. The lowest BCUT2D eigenvalue weighted by Gasteiger charge is -2.15. The number of hydrogen-bond donors (Lipinski definition) is 0. The van der Waals surface area contributed by atoms with Crippen LogP contribution in [-0.2, 0) is 18.4 Å². The van der Waals surface area contributed by atoms with E-state index in [1.54, 1.807) is 25.0 Å². The van der Waals surface area contributed by atoms with Crippen LogP contribution in [0.25, 0.3) is 6.08 Å². The molecule has 2 aromatic heterocycles. The van der Waals surface area contributed by atoms with Gasteiger partial charge in [-0.1, -0.05) is 0 Å². The smallest absolute Gasteiger partial charge is 0.401 e. The van der Waals surface area contributed by atoms with E-state index >= 15 is 0 Å². The third-order valence-electron chi connectivity index (χ3n) is 2.96. The van der Waals surface area contributed by atoms with Crippen LogP contribution < -0.4 is 0 Å². The maximum absolute atomic E-state index is 12.0. The van der Waals surface area contributed by atoms with Gasteiger partial charge in [0.25, 0.3) is 0 Å². The first-order valence-corrected chi connectivity index (χ1v) is 7.01. The molecule has 0 fully saturated rings. The largest absolute Gasteiger partial charge is 0.433 e. The average molecular weight is 369 g/mol. The van der Waals surface area contributed by atoms with E-state index in [-0.39, 0.29) is 17.6 Å². The number of amides is 1. The van der Waals surface area contributed by atoms with Crippen molar-refractivity contribution in [3.8, 4) is 0 Å². The minimum absolute atomic E-state index is 0.246. The molecule has 0 aliphatic rings. The molecule has 2 heterocycles. The van der Waals surface area contributed by atoms with E-state index in [0.29, 0.717) is 6.54 Å². The highest BCUT2D eigenvalue weighted by Gasteiger charge is 2.13. The molecular weight excluding hydrogens is 356 g/mol. The number of carbonyl (C=O) groups excluding carboxylic acids is 1. The summed E-state index contributed by atoms with van der Waals surface area (Å²) in [6, 6.07) is 2.67. The van der Waals surface area contributed by atoms with Gasteiger partial charge in [-0.15, -0.1) is 0 Å². The molecule has 116 valence electrons. The minimum Gasteiger partial charge on any atom is -0.401 e. The fourth-order valence-corrected chi connectivity index (χ4v) is 2.20. The fraction of sp³-hybridized carbons (Fsp3) is 0.231. The van der Waals surface area contributed by atoms with Gasteiger partial charge in [-0.2, -0.15) is 5.10 Å². The molecule has 1 amide bonds. The lowest BCUT2D eigenvalue weighted by molar-refractivity contribution is -0.402. The number of nitro groups is 1. The van der Waals surface area contributed by atoms with E-state index in [1.165, 1.54) is 29.2 Å². The van der Waals surface area contributed by atoms with Crippen LogP contribution in [0.1, 0.15) is 11.5 Å². The van der Waals surface area contributed by atoms with Crippen molar-refractivity contribution in [2.45, 2.75) is 6.54 Å². The normalized spacial score (nSPS) is 11.0. The van der Waals surface area contributed by atoms with Crippen LogP contribution in [0.2, 0.25) is 0 Å². The molecule has 22 heavy (non-hydrogen) atoms. The van der Waals surface area contributed by atoms with Crippen molar-refractivity contribution in [3.05, 3.63) is 50.4 Å². The number of aromatic nitrogens is 2. The van der Waals surface area contributed by atoms with Crippen LogP contribution in [-0.4, -0.2) is 32.6 Å². The molecule has 0 saturated carbocycles. The number of likely N-dealkylation sites (N-methyl/N-ethyl adjacent to an activating group) is 1. The van der Waals surface area contributed by atoms with Crippen molar-refractivity contribution in [2.75, 3.05) is 7.05 Å². The number of carbonyl (C=O) groups is 1. The molecule has 0 N–H and O–H groups in total. The Morgan fingerprint density at radius 2 is 2.32 bits per heavy atom. The Morgan fingerprint density at radius 3 is 2.86 bits per heavy atom. The quantitative estimate of drug-likeness (QED) is 0.458. The fourth-order valence-electron chi connectivity index (χ4n) is 1.73. The Balaban J connectivity index is 2.01. The van der Waals surface area contributed by atoms with Crippen LogP contribution in [0.15, 0.2) is 33.3 Å². The van der Waals surface area contributed by atoms with Crippen molar-refractivity contribution in [1.82, 2.24) is 14.7 Å². The Kier molecular flexibility index (Phi) is 4.76. The highest BCUT2D eigenvalue weighted by atomic mass is 79.9. The van der Waals surface area contributed by atoms with Gasteiger partial charge in [0, 0.05) is 20.2 Å². The topological polar surface area (TPSA) is 94.4 Å². The number of hydrogen-bond acceptors (Lipinski definition) is 5. The monoisotopic (exact) mass is 368 g/mol. The second-order valence-corrected chi connectivity index (χ2v) is 5.38. The van der Waals surface area contributed by atoms with Gasteiger partial charge in [0.2, 0.25) is 5.91 Å². The summed E-state index contributed by atoms with van der Waals surface area (Å²) in [6.45, 7) is 0.374. The molecule has 2 aromatic rings. The predicted octanol–water partition coefficient (Wildman–Crippen LogP) is 2.36. The van der Waals surface area contributed by atoms with Crippen LogP contribution in [0.5, 0.6) is 0 Å². The van der Waals surface area contributed by atoms with Gasteiger partial charge in [0.1, 0.15) is 10.7 Å². The number of rotatable bonds is 5. The highest BCUT2D eigenvalue weighted by molar-refractivity contribution is 9.10. The number of nitrogens with zero attached hydrogens (tertiary/aromatic N) is 4. The van der Waals surface area contributed by atoms with Crippen LogP contribution in [0, 0.1) is 10.1 Å². The van der Waals surface area contributed by atoms with E-state index in [4.69, 9.17) is 4.42 Å². The molecule has 0 aromatic carbocycles. The van der Waals surface area contributed by atoms with Gasteiger partial charge in [-0.25, -0.2) is 0 Å². The van der Waals surface area contributed by atoms with E-state index in [9.17, 15) is 14.9 Å². The van der Waals surface area contributed by atoms with Crippen molar-refractivity contribution in [2.24, 2.45) is 7.05 Å². The minimum atomic E-state index is -0.634. The summed E-state index contributed by atoms with van der Waals surface area (Å²) >= 11 is 3.37. The van der Waals surface area contributed by atoms with E-state index in [1.807, 2.05) is 0 Å². The third kappa shape index (κ3) is 3.61. The zero-order chi connectivity index (χ0) is 16.3. The lowest BCUT2D eigenvalue weighted by atomic mass is 10.3. The van der Waals surface area contributed by atoms with Gasteiger partial charge in [0.15, 0.2) is 0 Å². The van der Waals surface area contributed by atoms with Crippen molar-refractivity contribution in [1.29, 1.82) is 0 Å². The summed E-state index contributed by atoms with van der Waals surface area (Å²) in [7, 11) is 3.44. The van der Waals surface area contributed by atoms with Crippen LogP contribution in [0.3, 0.4) is 0 Å². The molecule has 0 aliphatic heterocycles. The summed E-state index contributed by atoms with van der Waals surface area (Å²) in [5, 5.41) is 14.6. The van der Waals surface area contributed by atoms with E-state index in [2.05, 4.69) is 21.0 Å². The molecular formula is C13H13BrN4O4. The van der Waals surface area contributed by atoms with Gasteiger partial charge >= 0.3 is 5.88 Å². The highest BCUT2D eigenvalue weighted by Crippen LogP contribution is 2.18. The first kappa shape index (κ1) is 16.0. The van der Waals surface area contributed by atoms with Crippen molar-refractivity contribution in [3.63, 3.8) is 0 Å². The summed E-state index contributed by atoms with van der Waals surface area (Å²) in [4.78, 5) is 23.4. The second kappa shape index (κ2) is 6.56. The maximum Gasteiger partial charge on any atom is 0.433 e. The molecule has 2 rings (SSSR count). The van der Waals surface area contributed by atoms with Crippen molar-refractivity contribution < 1.29 is 14.1 Å². The predicted molar refractivity (Wildman–Crippen MR) is 81.8 cm³/mol. The molecule has 0 saturated heterocycles. The number of aryl methyl sites for hydroxylation is 1. The second-order valence-electron chi connectivity index (χ2n) is 4.52. The van der Waals surface area contributed by atoms with Gasteiger partial charge in [0.05, 0.1) is 29.0 Å². The summed E-state index contributed by atoms with van der Waals surface area (Å²) in [6.07, 6.45) is 4.35. The number of halogens is 1. The lowest BCUT2D eigenvalue weighted by Crippen LogP contribution is -2.25. The van der Waals surface area contributed by atoms with Gasteiger partial charge in [-0.05, 0) is 28.1 Å². The van der Waals surface area contributed by atoms with Crippen molar-refractivity contribution >= 4 is 33.8 Å². The molecule has 0 bridgehead atoms. The Morgan fingerprint density at radius 1 is 1.59 bits per heavy atom. The van der Waals surface area contributed by atoms with Crippen LogP contribution >= 0.6 is 15.9 Å². The maximum atomic E-state index is 12.0. The summed E-state index contributed by atoms with van der Waals surface area (Å²) < 4.78 is 7.43. The molecule has 0 radical (unpaired) electrons. The average Bonchev–Trinajstić information content (AvgIpc) is 3.06. The SMILES string of the molecule is CN(Cc1c(Br)cnn1C)C(=O)/C=C/c1ccc([N+](=O)[O-])o1. The zero-order valence-corrected chi connectivity index (χ0v) is 13.5. The van der Waals surface area contributed by atoms with E-state index in [0.717, 1.165) is 10.2 Å². The van der Waals surface area contributed by atoms with Crippen LogP contribution in [0.4, 0.5) is 5.88 Å². The third-order valence-corrected chi connectivity index (χ3v) is 3.62. The van der Waals surface area contributed by atoms with Gasteiger partial charge < -0.3 is 9.32 Å². The standard InChI is InChI=1S/C13H13BrN4O4/c1-16(8-11-10(14)7-15-17(11)2)12(19)5-3-9-4-6-13(22-9)18(20)21/h3-7H,8H2,1-2H3/b5-3+. The molecule has 0 spiro atoms. The Bertz CT molecular complexity index is 715. The summed E-state index contributed by atoms with van der Waals surface area (Å²) in [5.41, 5.74) is 0.859.